The molecule has 0 atom stereocenters. The minimum Gasteiger partial charge on any atom is -0.366 e. The fraction of sp³-hybridized carbons (Fsp3) is 0.211. The van der Waals surface area contributed by atoms with Crippen molar-refractivity contribution in [2.24, 2.45) is 5.73 Å². The molecule has 5 N–H and O–H groups in total. The topological polar surface area (TPSA) is 113 Å². The molecule has 0 spiro atoms. The van der Waals surface area contributed by atoms with Crippen LogP contribution in [0, 0.1) is 0 Å². The number of hydrogen-bond acceptors (Lipinski definition) is 3. The summed E-state index contributed by atoms with van der Waals surface area (Å²) in [5.41, 5.74) is 7.14. The first-order chi connectivity index (χ1) is 13.0. The third-order valence-electron chi connectivity index (χ3n) is 3.69. The zero-order chi connectivity index (χ0) is 19.6. The van der Waals surface area contributed by atoms with Gasteiger partial charge in [0.1, 0.15) is 0 Å². The maximum atomic E-state index is 12.0. The molecule has 2 aromatic rings. The van der Waals surface area contributed by atoms with E-state index in [2.05, 4.69) is 31.9 Å². The second kappa shape index (κ2) is 10.3. The Morgan fingerprint density at radius 3 is 2.26 bits per heavy atom. The van der Waals surface area contributed by atoms with Crippen LogP contribution < -0.4 is 21.7 Å². The third-order valence-corrected chi connectivity index (χ3v) is 4.19. The lowest BCUT2D eigenvalue weighted by Crippen LogP contribution is -2.40. The SMILES string of the molecule is NC(=O)c1cccc(CCNC(=O)NCCNC(=O)c2cccc(Br)c2)c1. The molecule has 0 radical (unpaired) electrons. The summed E-state index contributed by atoms with van der Waals surface area (Å²) in [6.45, 7) is 1.04. The Hall–Kier alpha value is -2.87. The van der Waals surface area contributed by atoms with Crippen molar-refractivity contribution in [1.82, 2.24) is 16.0 Å². The van der Waals surface area contributed by atoms with Crippen molar-refractivity contribution in [3.63, 3.8) is 0 Å². The standard InChI is InChI=1S/C19H21BrN4O3/c20-16-6-2-5-15(12-16)18(26)22-9-10-24-19(27)23-8-7-13-3-1-4-14(11-13)17(21)25/h1-6,11-12H,7-10H2,(H2,21,25)(H,22,26)(H2,23,24,27). The number of rotatable bonds is 8. The van der Waals surface area contributed by atoms with Crippen molar-refractivity contribution in [3.05, 3.63) is 69.7 Å². The van der Waals surface area contributed by atoms with E-state index in [9.17, 15) is 14.4 Å². The lowest BCUT2D eigenvalue weighted by Gasteiger charge is -2.09. The van der Waals surface area contributed by atoms with E-state index in [4.69, 9.17) is 5.73 Å². The second-order valence-electron chi connectivity index (χ2n) is 5.76. The summed E-state index contributed by atoms with van der Waals surface area (Å²) in [7, 11) is 0. The Balaban J connectivity index is 1.63. The second-order valence-corrected chi connectivity index (χ2v) is 6.68. The summed E-state index contributed by atoms with van der Waals surface area (Å²) in [5.74, 6) is -0.680. The lowest BCUT2D eigenvalue weighted by molar-refractivity contribution is 0.0952. The average molecular weight is 433 g/mol. The molecule has 0 saturated heterocycles. The third kappa shape index (κ3) is 7.10. The number of nitrogens with two attached hydrogens (primary N) is 1. The van der Waals surface area contributed by atoms with E-state index < -0.39 is 5.91 Å². The fourth-order valence-corrected chi connectivity index (χ4v) is 2.75. The molecule has 0 saturated carbocycles. The molecule has 0 aromatic heterocycles. The van der Waals surface area contributed by atoms with Crippen LogP contribution in [0.5, 0.6) is 0 Å². The van der Waals surface area contributed by atoms with Crippen LogP contribution in [-0.2, 0) is 6.42 Å². The molecule has 2 aromatic carbocycles. The molecule has 0 bridgehead atoms. The molecule has 0 aliphatic heterocycles. The summed E-state index contributed by atoms with van der Waals surface area (Å²) >= 11 is 3.32. The Morgan fingerprint density at radius 2 is 1.52 bits per heavy atom. The summed E-state index contributed by atoms with van der Waals surface area (Å²) in [6, 6.07) is 13.7. The van der Waals surface area contributed by atoms with Crippen molar-refractivity contribution in [2.45, 2.75) is 6.42 Å². The summed E-state index contributed by atoms with van der Waals surface area (Å²) in [5, 5.41) is 8.12. The van der Waals surface area contributed by atoms with Crippen LogP contribution in [0.4, 0.5) is 4.79 Å². The molecule has 0 unspecified atom stereocenters. The maximum Gasteiger partial charge on any atom is 0.314 e. The predicted octanol–water partition coefficient (Wildman–Crippen LogP) is 1.82. The minimum absolute atomic E-state index is 0.201. The van der Waals surface area contributed by atoms with Gasteiger partial charge < -0.3 is 21.7 Å². The van der Waals surface area contributed by atoms with Crippen LogP contribution in [0.15, 0.2) is 53.0 Å². The Labute approximate surface area is 165 Å². The van der Waals surface area contributed by atoms with Crippen LogP contribution in [-0.4, -0.2) is 37.5 Å². The van der Waals surface area contributed by atoms with Gasteiger partial charge in [0.15, 0.2) is 0 Å². The monoisotopic (exact) mass is 432 g/mol. The molecule has 0 fully saturated rings. The fourth-order valence-electron chi connectivity index (χ4n) is 2.35. The minimum atomic E-state index is -0.479. The first kappa shape index (κ1) is 20.4. The molecule has 0 heterocycles. The smallest absolute Gasteiger partial charge is 0.314 e. The predicted molar refractivity (Wildman–Crippen MR) is 107 cm³/mol. The van der Waals surface area contributed by atoms with Crippen LogP contribution in [0.1, 0.15) is 26.3 Å². The lowest BCUT2D eigenvalue weighted by atomic mass is 10.1. The largest absolute Gasteiger partial charge is 0.366 e. The summed E-state index contributed by atoms with van der Waals surface area (Å²) < 4.78 is 0.828. The molecule has 7 nitrogen and oxygen atoms in total. The van der Waals surface area contributed by atoms with Crippen LogP contribution in [0.25, 0.3) is 0 Å². The number of nitrogens with one attached hydrogen (secondary N) is 3. The molecule has 0 aliphatic carbocycles. The van der Waals surface area contributed by atoms with Gasteiger partial charge in [0.2, 0.25) is 5.91 Å². The highest BCUT2D eigenvalue weighted by Crippen LogP contribution is 2.11. The molecule has 27 heavy (non-hydrogen) atoms. The molecule has 142 valence electrons. The highest BCUT2D eigenvalue weighted by Gasteiger charge is 2.06. The van der Waals surface area contributed by atoms with Gasteiger partial charge in [-0.1, -0.05) is 34.1 Å². The van der Waals surface area contributed by atoms with Gasteiger partial charge in [0.05, 0.1) is 0 Å². The number of amides is 4. The number of primary amides is 1. The average Bonchev–Trinajstić information content (AvgIpc) is 2.65. The zero-order valence-electron chi connectivity index (χ0n) is 14.6. The van der Waals surface area contributed by atoms with E-state index in [-0.39, 0.29) is 11.9 Å². The van der Waals surface area contributed by atoms with Crippen molar-refractivity contribution in [1.29, 1.82) is 0 Å². The summed E-state index contributed by atoms with van der Waals surface area (Å²) in [6.07, 6.45) is 0.578. The van der Waals surface area contributed by atoms with E-state index in [1.165, 1.54) is 0 Å². The number of hydrogen-bond donors (Lipinski definition) is 4. The molecular weight excluding hydrogens is 412 g/mol. The Kier molecular flexibility index (Phi) is 7.81. The van der Waals surface area contributed by atoms with E-state index in [0.29, 0.717) is 37.2 Å². The van der Waals surface area contributed by atoms with E-state index in [1.807, 2.05) is 12.1 Å². The molecule has 4 amide bonds. The normalized spacial score (nSPS) is 10.1. The van der Waals surface area contributed by atoms with Crippen molar-refractivity contribution in [3.8, 4) is 0 Å². The van der Waals surface area contributed by atoms with Crippen molar-refractivity contribution in [2.75, 3.05) is 19.6 Å². The number of halogens is 1. The van der Waals surface area contributed by atoms with Crippen LogP contribution in [0.3, 0.4) is 0 Å². The van der Waals surface area contributed by atoms with Gasteiger partial charge in [-0.05, 0) is 42.3 Å². The van der Waals surface area contributed by atoms with Crippen molar-refractivity contribution >= 4 is 33.8 Å². The first-order valence-electron chi connectivity index (χ1n) is 8.40. The van der Waals surface area contributed by atoms with Gasteiger partial charge in [-0.3, -0.25) is 9.59 Å². The van der Waals surface area contributed by atoms with E-state index in [1.54, 1.807) is 36.4 Å². The van der Waals surface area contributed by atoms with Gasteiger partial charge in [-0.25, -0.2) is 4.79 Å². The number of benzene rings is 2. The van der Waals surface area contributed by atoms with Crippen LogP contribution in [0.2, 0.25) is 0 Å². The van der Waals surface area contributed by atoms with E-state index >= 15 is 0 Å². The van der Waals surface area contributed by atoms with Gasteiger partial charge in [0, 0.05) is 35.2 Å². The number of carbonyl (C=O) groups excluding carboxylic acids is 3. The molecule has 0 aliphatic rings. The molecule has 8 heteroatoms. The number of carbonyl (C=O) groups is 3. The maximum absolute atomic E-state index is 12.0. The van der Waals surface area contributed by atoms with Gasteiger partial charge in [0.25, 0.3) is 5.91 Å². The highest BCUT2D eigenvalue weighted by molar-refractivity contribution is 9.10. The highest BCUT2D eigenvalue weighted by atomic mass is 79.9. The summed E-state index contributed by atoms with van der Waals surface area (Å²) in [4.78, 5) is 34.9. The zero-order valence-corrected chi connectivity index (χ0v) is 16.2. The Morgan fingerprint density at radius 1 is 0.852 bits per heavy atom. The quantitative estimate of drug-likeness (QED) is 0.477. The van der Waals surface area contributed by atoms with E-state index in [0.717, 1.165) is 10.0 Å². The Bertz CT molecular complexity index is 826. The van der Waals surface area contributed by atoms with Gasteiger partial charge >= 0.3 is 6.03 Å². The number of urea groups is 1. The van der Waals surface area contributed by atoms with Crippen molar-refractivity contribution < 1.29 is 14.4 Å². The molecule has 2 rings (SSSR count). The first-order valence-corrected chi connectivity index (χ1v) is 9.19. The van der Waals surface area contributed by atoms with Gasteiger partial charge in [-0.15, -0.1) is 0 Å². The van der Waals surface area contributed by atoms with Gasteiger partial charge in [-0.2, -0.15) is 0 Å². The molecular formula is C19H21BrN4O3. The van der Waals surface area contributed by atoms with Crippen LogP contribution >= 0.6 is 15.9 Å².